The van der Waals surface area contributed by atoms with Crippen LogP contribution in [-0.4, -0.2) is 27.0 Å². The van der Waals surface area contributed by atoms with Crippen molar-refractivity contribution in [2.24, 2.45) is 0 Å². The van der Waals surface area contributed by atoms with Gasteiger partial charge in [-0.05, 0) is 34.5 Å². The molecular formula is C12H13BrN4O. The fraction of sp³-hybridized carbons (Fsp3) is 0.250. The number of nitrogens with one attached hydrogen (secondary N) is 1. The van der Waals surface area contributed by atoms with Crippen molar-refractivity contribution >= 4 is 21.8 Å². The number of carbonyl (C=O) groups is 1. The molecule has 0 fully saturated rings. The summed E-state index contributed by atoms with van der Waals surface area (Å²) in [4.78, 5) is 19.7. The molecule has 5 nitrogen and oxygen atoms in total. The lowest BCUT2D eigenvalue weighted by Gasteiger charge is -2.05. The van der Waals surface area contributed by atoms with Crippen molar-refractivity contribution in [3.05, 3.63) is 47.2 Å². The summed E-state index contributed by atoms with van der Waals surface area (Å²) in [5.41, 5.74) is 0.611. The number of hydrogen-bond acceptors (Lipinski definition) is 3. The fourth-order valence-corrected chi connectivity index (χ4v) is 1.89. The highest BCUT2D eigenvalue weighted by Crippen LogP contribution is 2.07. The Morgan fingerprint density at radius 3 is 3.06 bits per heavy atom. The van der Waals surface area contributed by atoms with Crippen molar-refractivity contribution < 1.29 is 4.79 Å². The van der Waals surface area contributed by atoms with Crippen molar-refractivity contribution in [2.45, 2.75) is 13.0 Å². The van der Waals surface area contributed by atoms with Crippen molar-refractivity contribution in [3.8, 4) is 0 Å². The summed E-state index contributed by atoms with van der Waals surface area (Å²) in [5.74, 6) is -0.0799. The van der Waals surface area contributed by atoms with Gasteiger partial charge >= 0.3 is 0 Å². The van der Waals surface area contributed by atoms with Crippen LogP contribution in [0.15, 0.2) is 41.7 Å². The number of halogens is 1. The van der Waals surface area contributed by atoms with Crippen molar-refractivity contribution in [1.29, 1.82) is 0 Å². The zero-order valence-electron chi connectivity index (χ0n) is 9.71. The van der Waals surface area contributed by atoms with E-state index in [0.717, 1.165) is 13.0 Å². The molecule has 0 radical (unpaired) electrons. The molecule has 1 amide bonds. The number of imidazole rings is 1. The molecule has 0 aliphatic heterocycles. The highest BCUT2D eigenvalue weighted by atomic mass is 79.9. The molecule has 0 spiro atoms. The number of pyridine rings is 1. The summed E-state index contributed by atoms with van der Waals surface area (Å²) in [7, 11) is 0. The van der Waals surface area contributed by atoms with Crippen molar-refractivity contribution in [2.75, 3.05) is 6.54 Å². The van der Waals surface area contributed by atoms with E-state index >= 15 is 0 Å². The number of hydrogen-bond donors (Lipinski definition) is 1. The molecule has 0 aliphatic rings. The number of rotatable bonds is 5. The first kappa shape index (κ1) is 12.8. The minimum absolute atomic E-state index is 0.0799. The van der Waals surface area contributed by atoms with E-state index in [1.54, 1.807) is 30.9 Å². The summed E-state index contributed by atoms with van der Waals surface area (Å²) < 4.78 is 2.64. The first-order valence-electron chi connectivity index (χ1n) is 5.61. The minimum Gasteiger partial charge on any atom is -0.352 e. The Bertz CT molecular complexity index is 513. The summed E-state index contributed by atoms with van der Waals surface area (Å²) in [6.07, 6.45) is 7.88. The molecule has 0 bridgehead atoms. The quantitative estimate of drug-likeness (QED) is 0.677. The maximum Gasteiger partial charge on any atom is 0.251 e. The predicted molar refractivity (Wildman–Crippen MR) is 71.1 cm³/mol. The van der Waals surface area contributed by atoms with Gasteiger partial charge in [0.05, 0.1) is 6.33 Å². The minimum atomic E-state index is -0.0799. The summed E-state index contributed by atoms with van der Waals surface area (Å²) in [6, 6.07) is 3.39. The molecular weight excluding hydrogens is 296 g/mol. The molecule has 2 aromatic rings. The number of aryl methyl sites for hydroxylation is 1. The van der Waals surface area contributed by atoms with E-state index in [9.17, 15) is 4.79 Å². The number of nitrogens with zero attached hydrogens (tertiary/aromatic N) is 3. The Kier molecular flexibility index (Phi) is 4.46. The van der Waals surface area contributed by atoms with Gasteiger partial charge in [-0.3, -0.25) is 4.79 Å². The van der Waals surface area contributed by atoms with Gasteiger partial charge in [0.15, 0.2) is 0 Å². The van der Waals surface area contributed by atoms with Crippen LogP contribution in [0.5, 0.6) is 0 Å². The third-order valence-corrected chi connectivity index (χ3v) is 2.86. The second-order valence-electron chi connectivity index (χ2n) is 3.78. The molecule has 0 atom stereocenters. The van der Waals surface area contributed by atoms with Crippen LogP contribution in [0.25, 0.3) is 0 Å². The molecule has 2 rings (SSSR count). The zero-order chi connectivity index (χ0) is 12.8. The van der Waals surface area contributed by atoms with E-state index < -0.39 is 0 Å². The number of amides is 1. The van der Waals surface area contributed by atoms with E-state index in [-0.39, 0.29) is 5.91 Å². The highest BCUT2D eigenvalue weighted by Gasteiger charge is 2.04. The summed E-state index contributed by atoms with van der Waals surface area (Å²) >= 11 is 3.24. The van der Waals surface area contributed by atoms with E-state index in [4.69, 9.17) is 0 Å². The Labute approximate surface area is 113 Å². The van der Waals surface area contributed by atoms with Crippen molar-refractivity contribution in [3.63, 3.8) is 0 Å². The normalized spacial score (nSPS) is 10.3. The van der Waals surface area contributed by atoms with Crippen LogP contribution < -0.4 is 5.32 Å². The molecule has 2 aromatic heterocycles. The smallest absolute Gasteiger partial charge is 0.251 e. The Morgan fingerprint density at radius 2 is 2.33 bits per heavy atom. The second-order valence-corrected chi connectivity index (χ2v) is 4.59. The second kappa shape index (κ2) is 6.30. The first-order chi connectivity index (χ1) is 8.75. The van der Waals surface area contributed by atoms with Gasteiger partial charge in [-0.2, -0.15) is 0 Å². The third kappa shape index (κ3) is 3.66. The third-order valence-electron chi connectivity index (χ3n) is 2.43. The monoisotopic (exact) mass is 308 g/mol. The van der Waals surface area contributed by atoms with Gasteiger partial charge in [0.2, 0.25) is 0 Å². The van der Waals surface area contributed by atoms with Crippen molar-refractivity contribution in [1.82, 2.24) is 19.9 Å². The zero-order valence-corrected chi connectivity index (χ0v) is 11.3. The molecule has 1 N–H and O–H groups in total. The maximum absolute atomic E-state index is 11.8. The van der Waals surface area contributed by atoms with E-state index in [1.807, 2.05) is 10.8 Å². The lowest BCUT2D eigenvalue weighted by molar-refractivity contribution is 0.0952. The number of aromatic nitrogens is 3. The lowest BCUT2D eigenvalue weighted by Crippen LogP contribution is -2.25. The van der Waals surface area contributed by atoms with E-state index in [2.05, 4.69) is 31.2 Å². The standard InChI is InChI=1S/C12H13BrN4O/c13-11-8-10(2-4-15-11)12(18)16-3-1-6-17-7-5-14-9-17/h2,4-5,7-9H,1,3,6H2,(H,16,18). The summed E-state index contributed by atoms with van der Waals surface area (Å²) in [6.45, 7) is 1.48. The molecule has 0 saturated carbocycles. The van der Waals surface area contributed by atoms with Gasteiger partial charge in [0.1, 0.15) is 4.60 Å². The average Bonchev–Trinajstić information content (AvgIpc) is 2.87. The maximum atomic E-state index is 11.8. The van der Waals surface area contributed by atoms with Gasteiger partial charge < -0.3 is 9.88 Å². The predicted octanol–water partition coefficient (Wildman–Crippen LogP) is 1.86. The fourth-order valence-electron chi connectivity index (χ4n) is 1.53. The van der Waals surface area contributed by atoms with Crippen LogP contribution in [0.3, 0.4) is 0 Å². The van der Waals surface area contributed by atoms with E-state index in [0.29, 0.717) is 16.7 Å². The first-order valence-corrected chi connectivity index (χ1v) is 6.40. The van der Waals surface area contributed by atoms with Gasteiger partial charge in [0, 0.05) is 37.2 Å². The Hall–Kier alpha value is -1.69. The molecule has 2 heterocycles. The van der Waals surface area contributed by atoms with Gasteiger partial charge in [-0.25, -0.2) is 9.97 Å². The van der Waals surface area contributed by atoms with Crippen LogP contribution in [-0.2, 0) is 6.54 Å². The molecule has 0 aromatic carbocycles. The highest BCUT2D eigenvalue weighted by molar-refractivity contribution is 9.10. The van der Waals surface area contributed by atoms with Gasteiger partial charge in [-0.15, -0.1) is 0 Å². The molecule has 0 unspecified atom stereocenters. The molecule has 94 valence electrons. The number of carbonyl (C=O) groups excluding carboxylic acids is 1. The molecule has 18 heavy (non-hydrogen) atoms. The molecule has 0 saturated heterocycles. The topological polar surface area (TPSA) is 59.8 Å². The largest absolute Gasteiger partial charge is 0.352 e. The molecule has 6 heteroatoms. The van der Waals surface area contributed by atoms with E-state index in [1.165, 1.54) is 0 Å². The Morgan fingerprint density at radius 1 is 1.44 bits per heavy atom. The molecule has 0 aliphatic carbocycles. The average molecular weight is 309 g/mol. The van der Waals surface area contributed by atoms with Crippen LogP contribution in [0.1, 0.15) is 16.8 Å². The van der Waals surface area contributed by atoms with Gasteiger partial charge in [0.25, 0.3) is 5.91 Å². The Balaban J connectivity index is 1.75. The van der Waals surface area contributed by atoms with Gasteiger partial charge in [-0.1, -0.05) is 0 Å². The SMILES string of the molecule is O=C(NCCCn1ccnc1)c1ccnc(Br)c1. The van der Waals surface area contributed by atoms with Crippen LogP contribution in [0.4, 0.5) is 0 Å². The summed E-state index contributed by atoms with van der Waals surface area (Å²) in [5, 5.41) is 2.87. The van der Waals surface area contributed by atoms with Crippen LogP contribution >= 0.6 is 15.9 Å². The van der Waals surface area contributed by atoms with Crippen LogP contribution in [0, 0.1) is 0 Å². The van der Waals surface area contributed by atoms with Crippen LogP contribution in [0.2, 0.25) is 0 Å². The lowest BCUT2D eigenvalue weighted by atomic mass is 10.2.